The number of aliphatic carboxylic acids is 1. The van der Waals surface area contributed by atoms with E-state index in [1.54, 1.807) is 30.3 Å². The van der Waals surface area contributed by atoms with Gasteiger partial charge in [-0.25, -0.2) is 9.59 Å². The van der Waals surface area contributed by atoms with Crippen molar-refractivity contribution < 1.29 is 43.4 Å². The third-order valence-electron chi connectivity index (χ3n) is 7.37. The first-order chi connectivity index (χ1) is 23.2. The Morgan fingerprint density at radius 2 is 1.67 bits per heavy atom. The van der Waals surface area contributed by atoms with E-state index in [2.05, 4.69) is 40.9 Å². The van der Waals surface area contributed by atoms with E-state index in [0.29, 0.717) is 16.9 Å². The van der Waals surface area contributed by atoms with Crippen LogP contribution in [0.2, 0.25) is 0 Å². The summed E-state index contributed by atoms with van der Waals surface area (Å²) < 4.78 is 5.16. The van der Waals surface area contributed by atoms with Crippen LogP contribution in [0, 0.1) is 0 Å². The summed E-state index contributed by atoms with van der Waals surface area (Å²) in [5.41, 5.74) is 22.5. The highest BCUT2D eigenvalue weighted by Crippen LogP contribution is 2.22. The number of nitrogens with two attached hydrogens (primary N) is 4. The Bertz CT molecular complexity index is 1380. The van der Waals surface area contributed by atoms with Crippen LogP contribution in [0.25, 0.3) is 0 Å². The predicted octanol–water partition coefficient (Wildman–Crippen LogP) is -2.32. The van der Waals surface area contributed by atoms with Crippen molar-refractivity contribution in [2.75, 3.05) is 24.6 Å². The first-order valence-electron chi connectivity index (χ1n) is 15.2. The number of nitrogens with zero attached hydrogens (tertiary/aromatic N) is 3. The van der Waals surface area contributed by atoms with Crippen molar-refractivity contribution in [3.63, 3.8) is 0 Å². The Hall–Kier alpha value is -4.56. The molecule has 1 fully saturated rings. The lowest BCUT2D eigenvalue weighted by Crippen LogP contribution is -2.63. The van der Waals surface area contributed by atoms with E-state index < -0.39 is 84.0 Å². The number of hydrogen-bond acceptors (Lipinski definition) is 12. The highest BCUT2D eigenvalue weighted by molar-refractivity contribution is 7.80. The van der Waals surface area contributed by atoms with E-state index in [-0.39, 0.29) is 50.7 Å². The summed E-state index contributed by atoms with van der Waals surface area (Å²) in [6.07, 6.45) is -1.20. The molecule has 11 N–H and O–H groups in total. The number of amides is 6. The number of aliphatic imine (C=N–C) groups is 1. The lowest BCUT2D eigenvalue weighted by molar-refractivity contribution is -0.157. The Balaban J connectivity index is 2.33. The highest BCUT2D eigenvalue weighted by Gasteiger charge is 2.45. The molecule has 1 aromatic carbocycles. The number of thiol groups is 2. The molecule has 0 saturated carbocycles. The minimum atomic E-state index is -1.76. The average Bonchev–Trinajstić information content (AvgIpc) is 3.56. The largest absolute Gasteiger partial charge is 0.480 e. The molecular formula is C29H43N9O9S2. The van der Waals surface area contributed by atoms with Gasteiger partial charge in [-0.15, -0.1) is 0 Å². The van der Waals surface area contributed by atoms with Crippen molar-refractivity contribution in [1.29, 1.82) is 0 Å². The van der Waals surface area contributed by atoms with Gasteiger partial charge in [-0.2, -0.15) is 25.3 Å². The molecule has 5 atom stereocenters. The van der Waals surface area contributed by atoms with Crippen molar-refractivity contribution in [2.24, 2.45) is 27.9 Å². The number of primary amides is 1. The molecule has 270 valence electrons. The number of carbonyl (C=O) groups excluding carboxylic acids is 6. The number of imide groups is 1. The van der Waals surface area contributed by atoms with Crippen LogP contribution in [0.1, 0.15) is 37.7 Å². The first kappa shape index (κ1) is 40.6. The molecule has 1 aromatic rings. The van der Waals surface area contributed by atoms with Crippen LogP contribution in [0.5, 0.6) is 0 Å². The van der Waals surface area contributed by atoms with Gasteiger partial charge >= 0.3 is 12.1 Å². The number of rotatable bonds is 18. The van der Waals surface area contributed by atoms with E-state index in [1.807, 2.05) is 0 Å². The SMILES string of the molecule is NC(=O)C[C@H](NC(=O)OCc1ccccc1)C(=O)N(C(=O)[C@@H](N)CS)[C@@H](CS)C(=O)N1CCC[C@H]1C(=O)N[C@@H](CCCN=C(N)N)C(=O)O. The van der Waals surface area contributed by atoms with Crippen molar-refractivity contribution in [3.05, 3.63) is 35.9 Å². The molecule has 1 saturated heterocycles. The quantitative estimate of drug-likeness (QED) is 0.0334. The van der Waals surface area contributed by atoms with Crippen LogP contribution in [0.15, 0.2) is 35.3 Å². The maximum atomic E-state index is 14.0. The zero-order chi connectivity index (χ0) is 36.7. The topological polar surface area (TPSA) is 296 Å². The maximum Gasteiger partial charge on any atom is 0.408 e. The van der Waals surface area contributed by atoms with Crippen LogP contribution in [-0.4, -0.2) is 117 Å². The number of likely N-dealkylation sites (tertiary alicyclic amines) is 1. The number of hydrogen-bond donors (Lipinski definition) is 9. The minimum Gasteiger partial charge on any atom is -0.480 e. The third kappa shape index (κ3) is 12.4. The van der Waals surface area contributed by atoms with Gasteiger partial charge in [-0.3, -0.25) is 33.9 Å². The fourth-order valence-electron chi connectivity index (χ4n) is 4.94. The van der Waals surface area contributed by atoms with Crippen molar-refractivity contribution in [1.82, 2.24) is 20.4 Å². The number of ether oxygens (including phenoxy) is 1. The Kier molecular flexibility index (Phi) is 16.6. The van der Waals surface area contributed by atoms with Crippen LogP contribution >= 0.6 is 25.3 Å². The molecule has 0 aliphatic carbocycles. The average molecular weight is 726 g/mol. The smallest absolute Gasteiger partial charge is 0.408 e. The van der Waals surface area contributed by atoms with Gasteiger partial charge in [0.25, 0.3) is 5.91 Å². The fraction of sp³-hybridized carbons (Fsp3) is 0.517. The van der Waals surface area contributed by atoms with Gasteiger partial charge in [-0.05, 0) is 31.2 Å². The van der Waals surface area contributed by atoms with Gasteiger partial charge in [-0.1, -0.05) is 30.3 Å². The van der Waals surface area contributed by atoms with Gasteiger partial charge in [0.1, 0.15) is 30.8 Å². The number of carbonyl (C=O) groups is 7. The number of nitrogens with one attached hydrogen (secondary N) is 2. The van der Waals surface area contributed by atoms with Gasteiger partial charge in [0, 0.05) is 24.6 Å². The fourth-order valence-corrected chi connectivity index (χ4v) is 5.42. The molecule has 0 bridgehead atoms. The van der Waals surface area contributed by atoms with Crippen LogP contribution in [0.4, 0.5) is 4.79 Å². The van der Waals surface area contributed by atoms with E-state index in [0.717, 1.165) is 4.90 Å². The molecule has 0 aromatic heterocycles. The van der Waals surface area contributed by atoms with E-state index in [4.69, 9.17) is 27.7 Å². The third-order valence-corrected chi connectivity index (χ3v) is 8.10. The monoisotopic (exact) mass is 725 g/mol. The summed E-state index contributed by atoms with van der Waals surface area (Å²) in [5.74, 6) is -7.17. The Morgan fingerprint density at radius 1 is 1.00 bits per heavy atom. The summed E-state index contributed by atoms with van der Waals surface area (Å²) in [6.45, 7) is -0.0398. The number of alkyl carbamates (subject to hydrolysis) is 1. The number of carboxylic acid groups (broad SMARTS) is 1. The number of guanidine groups is 1. The van der Waals surface area contributed by atoms with E-state index >= 15 is 0 Å². The molecule has 20 heteroatoms. The molecule has 2 rings (SSSR count). The predicted molar refractivity (Wildman–Crippen MR) is 183 cm³/mol. The van der Waals surface area contributed by atoms with Gasteiger partial charge in [0.15, 0.2) is 5.96 Å². The second-order valence-corrected chi connectivity index (χ2v) is 11.7. The zero-order valence-electron chi connectivity index (χ0n) is 26.6. The summed E-state index contributed by atoms with van der Waals surface area (Å²) in [4.78, 5) is 96.6. The second kappa shape index (κ2) is 20.1. The molecule has 0 unspecified atom stereocenters. The molecular weight excluding hydrogens is 683 g/mol. The molecule has 0 spiro atoms. The summed E-state index contributed by atoms with van der Waals surface area (Å²) in [5, 5.41) is 14.3. The van der Waals surface area contributed by atoms with Crippen molar-refractivity contribution >= 4 is 72.8 Å². The van der Waals surface area contributed by atoms with Crippen LogP contribution in [-0.2, 0) is 40.1 Å². The standard InChI is InChI=1S/C29H43N9O9S2/c30-17(14-48)24(41)38(25(42)19(12-22(31)39)36-29(46)47-13-16-6-2-1-3-7-16)21(15-49)26(43)37-11-5-9-20(37)23(40)35-18(27(44)45)8-4-10-34-28(32)33/h1-3,6-7,17-21,48-49H,4-5,8-15,30H2,(H2,31,39)(H,35,40)(H,36,46)(H,44,45)(H4,32,33,34)/t17-,18-,19-,20-,21-/m0/s1. The van der Waals surface area contributed by atoms with Crippen LogP contribution in [0.3, 0.4) is 0 Å². The summed E-state index contributed by atoms with van der Waals surface area (Å²) in [7, 11) is 0. The normalized spacial score (nSPS) is 16.3. The highest BCUT2D eigenvalue weighted by atomic mass is 32.1. The Labute approximate surface area is 293 Å². The maximum absolute atomic E-state index is 14.0. The van der Waals surface area contributed by atoms with Crippen molar-refractivity contribution in [2.45, 2.75) is 68.9 Å². The lowest BCUT2D eigenvalue weighted by Gasteiger charge is -2.36. The van der Waals surface area contributed by atoms with Gasteiger partial charge < -0.3 is 48.3 Å². The Morgan fingerprint density at radius 3 is 2.24 bits per heavy atom. The molecule has 18 nitrogen and oxygen atoms in total. The number of benzene rings is 1. The molecule has 49 heavy (non-hydrogen) atoms. The van der Waals surface area contributed by atoms with E-state index in [1.165, 1.54) is 0 Å². The molecule has 1 aliphatic heterocycles. The number of carboxylic acids is 1. The van der Waals surface area contributed by atoms with Gasteiger partial charge in [0.05, 0.1) is 12.5 Å². The molecule has 1 heterocycles. The molecule has 6 amide bonds. The van der Waals surface area contributed by atoms with Gasteiger partial charge in [0.2, 0.25) is 23.6 Å². The zero-order valence-corrected chi connectivity index (χ0v) is 28.4. The van der Waals surface area contributed by atoms with Crippen molar-refractivity contribution in [3.8, 4) is 0 Å². The molecule has 1 aliphatic rings. The molecule has 0 radical (unpaired) electrons. The second-order valence-electron chi connectivity index (χ2n) is 11.0. The minimum absolute atomic E-state index is 0.0157. The first-order valence-corrected chi connectivity index (χ1v) is 16.5. The van der Waals surface area contributed by atoms with Crippen LogP contribution < -0.4 is 33.6 Å². The lowest BCUT2D eigenvalue weighted by atomic mass is 10.1. The summed E-state index contributed by atoms with van der Waals surface area (Å²) >= 11 is 8.25. The summed E-state index contributed by atoms with van der Waals surface area (Å²) in [6, 6.07) is 1.24. The van der Waals surface area contributed by atoms with E-state index in [9.17, 15) is 38.7 Å².